The summed E-state index contributed by atoms with van der Waals surface area (Å²) in [5.41, 5.74) is 0. The van der Waals surface area contributed by atoms with Gasteiger partial charge >= 0.3 is 0 Å². The van der Waals surface area contributed by atoms with E-state index in [-0.39, 0.29) is 23.5 Å². The van der Waals surface area contributed by atoms with Crippen molar-refractivity contribution in [1.82, 2.24) is 19.2 Å². The van der Waals surface area contributed by atoms with E-state index < -0.39 is 10.0 Å². The van der Waals surface area contributed by atoms with E-state index >= 15 is 0 Å². The first-order valence-corrected chi connectivity index (χ1v) is 8.56. The molecule has 1 aliphatic heterocycles. The quantitative estimate of drug-likeness (QED) is 0.881. The van der Waals surface area contributed by atoms with E-state index in [0.29, 0.717) is 5.92 Å². The SMILES string of the molecule is CC(C)Cn1cnc(S(=O)(=O)N(C)C2CCNCC2)c1.Cl. The number of nitrogens with one attached hydrogen (secondary N) is 1. The lowest BCUT2D eigenvalue weighted by Crippen LogP contribution is -2.43. The molecule has 0 atom stereocenters. The zero-order valence-electron chi connectivity index (χ0n) is 12.8. The summed E-state index contributed by atoms with van der Waals surface area (Å²) < 4.78 is 28.4. The molecule has 0 aliphatic carbocycles. The molecule has 6 nitrogen and oxygen atoms in total. The fourth-order valence-electron chi connectivity index (χ4n) is 2.51. The van der Waals surface area contributed by atoms with Gasteiger partial charge in [-0.1, -0.05) is 13.8 Å². The lowest BCUT2D eigenvalue weighted by Gasteiger charge is -2.30. The molecule has 21 heavy (non-hydrogen) atoms. The number of halogens is 1. The zero-order chi connectivity index (χ0) is 14.8. The predicted molar refractivity (Wildman–Crippen MR) is 85.2 cm³/mol. The van der Waals surface area contributed by atoms with E-state index in [1.165, 1.54) is 4.31 Å². The average Bonchev–Trinajstić information content (AvgIpc) is 2.87. The van der Waals surface area contributed by atoms with Gasteiger partial charge in [0.15, 0.2) is 5.03 Å². The standard InChI is InChI=1S/C13H24N4O2S.ClH/c1-11(2)8-17-9-13(15-10-17)20(18,19)16(3)12-4-6-14-7-5-12;/h9-12,14H,4-8H2,1-3H3;1H. The van der Waals surface area contributed by atoms with Gasteiger partial charge < -0.3 is 9.88 Å². The second-order valence-corrected chi connectivity index (χ2v) is 7.75. The Bertz CT molecular complexity index is 538. The van der Waals surface area contributed by atoms with E-state index in [1.807, 2.05) is 4.57 Å². The van der Waals surface area contributed by atoms with E-state index in [4.69, 9.17) is 0 Å². The van der Waals surface area contributed by atoms with Crippen molar-refractivity contribution in [2.24, 2.45) is 5.92 Å². The Balaban J connectivity index is 0.00000220. The normalized spacial score (nSPS) is 17.2. The number of sulfonamides is 1. The van der Waals surface area contributed by atoms with Crippen LogP contribution in [0.25, 0.3) is 0 Å². The summed E-state index contributed by atoms with van der Waals surface area (Å²) in [4.78, 5) is 4.07. The third-order valence-electron chi connectivity index (χ3n) is 3.65. The van der Waals surface area contributed by atoms with Gasteiger partial charge in [-0.2, -0.15) is 4.31 Å². The minimum absolute atomic E-state index is 0. The number of hydrogen-bond acceptors (Lipinski definition) is 4. The summed E-state index contributed by atoms with van der Waals surface area (Å²) in [6.07, 6.45) is 4.93. The topological polar surface area (TPSA) is 67.2 Å². The first-order chi connectivity index (χ1) is 9.41. The van der Waals surface area contributed by atoms with E-state index in [1.54, 1.807) is 19.6 Å². The number of rotatable bonds is 5. The Hall–Kier alpha value is -0.630. The van der Waals surface area contributed by atoms with Gasteiger partial charge in [-0.3, -0.25) is 0 Å². The minimum Gasteiger partial charge on any atom is -0.336 e. The number of hydrogen-bond donors (Lipinski definition) is 1. The van der Waals surface area contributed by atoms with Crippen molar-refractivity contribution in [3.63, 3.8) is 0 Å². The van der Waals surface area contributed by atoms with Crippen molar-refractivity contribution in [3.05, 3.63) is 12.5 Å². The first kappa shape index (κ1) is 18.4. The van der Waals surface area contributed by atoms with Crippen LogP contribution in [0.4, 0.5) is 0 Å². The first-order valence-electron chi connectivity index (χ1n) is 7.12. The van der Waals surface area contributed by atoms with Gasteiger partial charge in [0.2, 0.25) is 0 Å². The largest absolute Gasteiger partial charge is 0.336 e. The summed E-state index contributed by atoms with van der Waals surface area (Å²) in [7, 11) is -1.82. The summed E-state index contributed by atoms with van der Waals surface area (Å²) in [6, 6.07) is 0.0662. The number of nitrogens with zero attached hydrogens (tertiary/aromatic N) is 3. The molecule has 1 aliphatic rings. The summed E-state index contributed by atoms with van der Waals surface area (Å²) >= 11 is 0. The van der Waals surface area contributed by atoms with E-state index in [2.05, 4.69) is 24.1 Å². The fourth-order valence-corrected chi connectivity index (χ4v) is 3.86. The lowest BCUT2D eigenvalue weighted by atomic mass is 10.1. The van der Waals surface area contributed by atoms with Crippen LogP contribution in [0, 0.1) is 5.92 Å². The third kappa shape index (κ3) is 4.42. The Labute approximate surface area is 133 Å². The molecule has 0 unspecified atom stereocenters. The molecule has 0 radical (unpaired) electrons. The Morgan fingerprint density at radius 3 is 2.62 bits per heavy atom. The third-order valence-corrected chi connectivity index (χ3v) is 5.45. The molecule has 0 amide bonds. The van der Waals surface area contributed by atoms with Crippen LogP contribution >= 0.6 is 12.4 Å². The highest BCUT2D eigenvalue weighted by Crippen LogP contribution is 2.19. The molecule has 0 spiro atoms. The molecule has 2 rings (SSSR count). The van der Waals surface area contributed by atoms with Crippen LogP contribution in [0.2, 0.25) is 0 Å². The highest BCUT2D eigenvalue weighted by molar-refractivity contribution is 7.89. The maximum atomic E-state index is 12.6. The van der Waals surface area contributed by atoms with Crippen LogP contribution < -0.4 is 5.32 Å². The molecule has 1 aromatic rings. The summed E-state index contributed by atoms with van der Waals surface area (Å²) in [5, 5.41) is 3.40. The van der Waals surface area contributed by atoms with Crippen molar-refractivity contribution in [2.45, 2.75) is 44.3 Å². The minimum atomic E-state index is -3.48. The van der Waals surface area contributed by atoms with Crippen molar-refractivity contribution < 1.29 is 8.42 Å². The Morgan fingerprint density at radius 1 is 1.43 bits per heavy atom. The van der Waals surface area contributed by atoms with Gasteiger partial charge in [-0.15, -0.1) is 12.4 Å². The monoisotopic (exact) mass is 336 g/mol. The molecule has 122 valence electrons. The van der Waals surface area contributed by atoms with Crippen LogP contribution in [0.3, 0.4) is 0 Å². The smallest absolute Gasteiger partial charge is 0.262 e. The van der Waals surface area contributed by atoms with Crippen LogP contribution in [0.5, 0.6) is 0 Å². The van der Waals surface area contributed by atoms with Gasteiger partial charge in [0.25, 0.3) is 10.0 Å². The summed E-state index contributed by atoms with van der Waals surface area (Å²) in [6.45, 7) is 6.70. The molecular weight excluding hydrogens is 312 g/mol. The van der Waals surface area contributed by atoms with Gasteiger partial charge in [0.1, 0.15) is 0 Å². The molecule has 1 N–H and O–H groups in total. The second-order valence-electron chi connectivity index (χ2n) is 5.80. The Morgan fingerprint density at radius 2 is 2.05 bits per heavy atom. The van der Waals surface area contributed by atoms with E-state index in [0.717, 1.165) is 32.5 Å². The van der Waals surface area contributed by atoms with Crippen molar-refractivity contribution in [1.29, 1.82) is 0 Å². The van der Waals surface area contributed by atoms with Crippen molar-refractivity contribution in [3.8, 4) is 0 Å². The number of aromatic nitrogens is 2. The van der Waals surface area contributed by atoms with Gasteiger partial charge in [0.05, 0.1) is 6.33 Å². The van der Waals surface area contributed by atoms with Crippen LogP contribution in [0.15, 0.2) is 17.6 Å². The summed E-state index contributed by atoms with van der Waals surface area (Å²) in [5.74, 6) is 0.460. The molecule has 1 saturated heterocycles. The number of imidazole rings is 1. The fraction of sp³-hybridized carbons (Fsp3) is 0.769. The molecule has 1 aromatic heterocycles. The number of piperidine rings is 1. The zero-order valence-corrected chi connectivity index (χ0v) is 14.5. The molecule has 0 bridgehead atoms. The van der Waals surface area contributed by atoms with Gasteiger partial charge in [-0.25, -0.2) is 13.4 Å². The maximum absolute atomic E-state index is 12.6. The molecule has 2 heterocycles. The van der Waals surface area contributed by atoms with Gasteiger partial charge in [0, 0.05) is 25.8 Å². The molecule has 1 fully saturated rings. The van der Waals surface area contributed by atoms with Gasteiger partial charge in [-0.05, 0) is 31.8 Å². The Kier molecular flexibility index (Phi) is 6.65. The molecule has 0 aromatic carbocycles. The predicted octanol–water partition coefficient (Wildman–Crippen LogP) is 1.33. The average molecular weight is 337 g/mol. The van der Waals surface area contributed by atoms with Crippen LogP contribution in [0.1, 0.15) is 26.7 Å². The molecular formula is C13H25ClN4O2S. The van der Waals surface area contributed by atoms with Crippen LogP contribution in [-0.4, -0.2) is 48.5 Å². The molecule has 8 heteroatoms. The highest BCUT2D eigenvalue weighted by atomic mass is 35.5. The molecule has 0 saturated carbocycles. The van der Waals surface area contributed by atoms with Crippen molar-refractivity contribution in [2.75, 3.05) is 20.1 Å². The van der Waals surface area contributed by atoms with Crippen molar-refractivity contribution >= 4 is 22.4 Å². The van der Waals surface area contributed by atoms with E-state index in [9.17, 15) is 8.42 Å². The maximum Gasteiger partial charge on any atom is 0.262 e. The lowest BCUT2D eigenvalue weighted by molar-refractivity contribution is 0.296. The second kappa shape index (κ2) is 7.58. The highest BCUT2D eigenvalue weighted by Gasteiger charge is 2.30. The van der Waals surface area contributed by atoms with Crippen LogP contribution in [-0.2, 0) is 16.6 Å².